The first kappa shape index (κ1) is 12.4. The van der Waals surface area contributed by atoms with Crippen LogP contribution in [0.25, 0.3) is 22.8 Å². The second kappa shape index (κ2) is 5.15. The number of benzene rings is 1. The van der Waals surface area contributed by atoms with Crippen LogP contribution in [0.4, 0.5) is 0 Å². The summed E-state index contributed by atoms with van der Waals surface area (Å²) in [5.74, 6) is 1.25. The number of oxazole rings is 1. The molecule has 0 aliphatic rings. The summed E-state index contributed by atoms with van der Waals surface area (Å²) < 4.78 is 6.75. The minimum absolute atomic E-state index is 0.448. The standard InChI is InChI=1S/C14H8BrClN2O/c15-11-4-1-9(2-5-11)12-8-18-14(19-12)10-3-6-13(16)17-7-10/h1-8H. The van der Waals surface area contributed by atoms with Crippen molar-refractivity contribution in [1.82, 2.24) is 9.97 Å². The van der Waals surface area contributed by atoms with Crippen molar-refractivity contribution in [3.63, 3.8) is 0 Å². The predicted octanol–water partition coefficient (Wildman–Crippen LogP) is 4.82. The van der Waals surface area contributed by atoms with Gasteiger partial charge in [-0.2, -0.15) is 0 Å². The van der Waals surface area contributed by atoms with Crippen LogP contribution in [0.2, 0.25) is 5.15 Å². The van der Waals surface area contributed by atoms with E-state index in [4.69, 9.17) is 16.0 Å². The van der Waals surface area contributed by atoms with E-state index in [-0.39, 0.29) is 0 Å². The first-order valence-electron chi connectivity index (χ1n) is 5.56. The SMILES string of the molecule is Clc1ccc(-c2ncc(-c3ccc(Br)cc3)o2)cn1. The molecule has 1 aromatic carbocycles. The van der Waals surface area contributed by atoms with Crippen molar-refractivity contribution in [3.05, 3.63) is 58.4 Å². The molecular weight excluding hydrogens is 328 g/mol. The lowest BCUT2D eigenvalue weighted by Crippen LogP contribution is -1.79. The number of hydrogen-bond donors (Lipinski definition) is 0. The number of aromatic nitrogens is 2. The normalized spacial score (nSPS) is 10.6. The van der Waals surface area contributed by atoms with Crippen LogP contribution in [-0.4, -0.2) is 9.97 Å². The highest BCUT2D eigenvalue weighted by molar-refractivity contribution is 9.10. The maximum atomic E-state index is 5.75. The Kier molecular flexibility index (Phi) is 3.36. The zero-order valence-corrected chi connectivity index (χ0v) is 12.0. The number of halogens is 2. The predicted molar refractivity (Wildman–Crippen MR) is 77.9 cm³/mol. The van der Waals surface area contributed by atoms with Gasteiger partial charge in [-0.25, -0.2) is 9.97 Å². The van der Waals surface area contributed by atoms with Gasteiger partial charge in [0, 0.05) is 16.2 Å². The highest BCUT2D eigenvalue weighted by Crippen LogP contribution is 2.26. The fourth-order valence-electron chi connectivity index (χ4n) is 1.66. The van der Waals surface area contributed by atoms with Gasteiger partial charge < -0.3 is 4.42 Å². The lowest BCUT2D eigenvalue weighted by Gasteiger charge is -1.97. The Balaban J connectivity index is 1.95. The van der Waals surface area contributed by atoms with Crippen molar-refractivity contribution in [2.45, 2.75) is 0 Å². The largest absolute Gasteiger partial charge is 0.436 e. The third-order valence-corrected chi connectivity index (χ3v) is 3.36. The van der Waals surface area contributed by atoms with Gasteiger partial charge in [-0.05, 0) is 24.3 Å². The van der Waals surface area contributed by atoms with Crippen LogP contribution >= 0.6 is 27.5 Å². The summed E-state index contributed by atoms with van der Waals surface area (Å²) in [5, 5.41) is 0.448. The quantitative estimate of drug-likeness (QED) is 0.630. The molecule has 0 fully saturated rings. The average Bonchev–Trinajstić information content (AvgIpc) is 2.90. The molecule has 0 amide bonds. The fourth-order valence-corrected chi connectivity index (χ4v) is 2.03. The van der Waals surface area contributed by atoms with Gasteiger partial charge in [-0.15, -0.1) is 0 Å². The van der Waals surface area contributed by atoms with E-state index < -0.39 is 0 Å². The second-order valence-corrected chi connectivity index (χ2v) is 5.21. The molecule has 19 heavy (non-hydrogen) atoms. The molecule has 0 spiro atoms. The summed E-state index contributed by atoms with van der Waals surface area (Å²) in [7, 11) is 0. The van der Waals surface area contributed by atoms with Crippen LogP contribution in [0.3, 0.4) is 0 Å². The third-order valence-electron chi connectivity index (χ3n) is 2.61. The molecule has 3 rings (SSSR count). The topological polar surface area (TPSA) is 38.9 Å². The molecule has 0 saturated carbocycles. The van der Waals surface area contributed by atoms with Gasteiger partial charge in [-0.1, -0.05) is 39.7 Å². The first-order valence-corrected chi connectivity index (χ1v) is 6.73. The van der Waals surface area contributed by atoms with E-state index in [9.17, 15) is 0 Å². The van der Waals surface area contributed by atoms with Gasteiger partial charge >= 0.3 is 0 Å². The van der Waals surface area contributed by atoms with Gasteiger partial charge in [-0.3, -0.25) is 0 Å². The molecule has 0 atom stereocenters. The summed E-state index contributed by atoms with van der Waals surface area (Å²) >= 11 is 9.15. The van der Waals surface area contributed by atoms with Crippen LogP contribution in [-0.2, 0) is 0 Å². The highest BCUT2D eigenvalue weighted by atomic mass is 79.9. The van der Waals surface area contributed by atoms with Gasteiger partial charge in [0.15, 0.2) is 5.76 Å². The van der Waals surface area contributed by atoms with E-state index in [1.807, 2.05) is 30.3 Å². The molecule has 94 valence electrons. The molecule has 0 unspecified atom stereocenters. The Bertz CT molecular complexity index is 632. The fraction of sp³-hybridized carbons (Fsp3) is 0. The Labute approximate surface area is 123 Å². The van der Waals surface area contributed by atoms with Crippen molar-refractivity contribution in [2.75, 3.05) is 0 Å². The van der Waals surface area contributed by atoms with E-state index in [2.05, 4.69) is 25.9 Å². The Morgan fingerprint density at radius 3 is 2.32 bits per heavy atom. The molecule has 3 aromatic rings. The molecule has 0 saturated heterocycles. The van der Waals surface area contributed by atoms with Gasteiger partial charge in [0.25, 0.3) is 0 Å². The first-order chi connectivity index (χ1) is 9.22. The van der Waals surface area contributed by atoms with Crippen molar-refractivity contribution in [3.8, 4) is 22.8 Å². The summed E-state index contributed by atoms with van der Waals surface area (Å²) in [6.07, 6.45) is 3.34. The lowest BCUT2D eigenvalue weighted by atomic mass is 10.2. The molecule has 0 aliphatic heterocycles. The smallest absolute Gasteiger partial charge is 0.228 e. The molecule has 0 radical (unpaired) electrons. The van der Waals surface area contributed by atoms with Gasteiger partial charge in [0.05, 0.1) is 11.8 Å². The lowest BCUT2D eigenvalue weighted by molar-refractivity contribution is 0.588. The van der Waals surface area contributed by atoms with Gasteiger partial charge in [0.1, 0.15) is 5.15 Å². The second-order valence-electron chi connectivity index (χ2n) is 3.91. The number of pyridine rings is 1. The Morgan fingerprint density at radius 1 is 0.895 bits per heavy atom. The van der Waals surface area contributed by atoms with Crippen molar-refractivity contribution in [2.24, 2.45) is 0 Å². The molecule has 3 nitrogen and oxygen atoms in total. The summed E-state index contributed by atoms with van der Waals surface area (Å²) in [6.45, 7) is 0. The van der Waals surface area contributed by atoms with Crippen molar-refractivity contribution < 1.29 is 4.42 Å². The van der Waals surface area contributed by atoms with Crippen molar-refractivity contribution >= 4 is 27.5 Å². The molecular formula is C14H8BrClN2O. The molecule has 2 aromatic heterocycles. The van der Waals surface area contributed by atoms with E-state index >= 15 is 0 Å². The molecule has 0 aliphatic carbocycles. The zero-order chi connectivity index (χ0) is 13.2. The third kappa shape index (κ3) is 2.69. The maximum absolute atomic E-state index is 5.75. The van der Waals surface area contributed by atoms with Gasteiger partial charge in [0.2, 0.25) is 5.89 Å². The van der Waals surface area contributed by atoms with E-state index in [0.29, 0.717) is 11.0 Å². The van der Waals surface area contributed by atoms with Crippen molar-refractivity contribution in [1.29, 1.82) is 0 Å². The van der Waals surface area contributed by atoms with Crippen LogP contribution in [0.1, 0.15) is 0 Å². The minimum atomic E-state index is 0.448. The number of nitrogens with zero attached hydrogens (tertiary/aromatic N) is 2. The zero-order valence-electron chi connectivity index (χ0n) is 9.68. The Hall–Kier alpha value is -1.65. The minimum Gasteiger partial charge on any atom is -0.436 e. The van der Waals surface area contributed by atoms with Crippen LogP contribution in [0.15, 0.2) is 57.7 Å². The summed E-state index contributed by atoms with van der Waals surface area (Å²) in [4.78, 5) is 8.26. The van der Waals surface area contributed by atoms with Crippen LogP contribution in [0.5, 0.6) is 0 Å². The summed E-state index contributed by atoms with van der Waals surface area (Å²) in [5.41, 5.74) is 1.77. The maximum Gasteiger partial charge on any atom is 0.228 e. The van der Waals surface area contributed by atoms with E-state index in [1.54, 1.807) is 18.5 Å². The van der Waals surface area contributed by atoms with Crippen LogP contribution in [0, 0.1) is 0 Å². The van der Waals surface area contributed by atoms with E-state index in [1.165, 1.54) is 0 Å². The molecule has 0 bridgehead atoms. The average molecular weight is 336 g/mol. The number of hydrogen-bond acceptors (Lipinski definition) is 3. The van der Waals surface area contributed by atoms with Crippen LogP contribution < -0.4 is 0 Å². The van der Waals surface area contributed by atoms with E-state index in [0.717, 1.165) is 21.4 Å². The Morgan fingerprint density at radius 2 is 1.63 bits per heavy atom. The monoisotopic (exact) mass is 334 g/mol. The number of rotatable bonds is 2. The molecule has 2 heterocycles. The highest BCUT2D eigenvalue weighted by Gasteiger charge is 2.08. The molecule has 5 heteroatoms. The molecule has 0 N–H and O–H groups in total. The summed E-state index contributed by atoms with van der Waals surface area (Å²) in [6, 6.07) is 11.4.